The summed E-state index contributed by atoms with van der Waals surface area (Å²) < 4.78 is 0. The van der Waals surface area contributed by atoms with Gasteiger partial charge in [0.2, 0.25) is 5.91 Å². The zero-order chi connectivity index (χ0) is 18.0. The number of hydrogen-bond acceptors (Lipinski definition) is 3. The summed E-state index contributed by atoms with van der Waals surface area (Å²) in [5.74, 6) is -0.124. The highest BCUT2D eigenvalue weighted by molar-refractivity contribution is 6.35. The van der Waals surface area contributed by atoms with Crippen LogP contribution in [-0.2, 0) is 4.79 Å². The first-order chi connectivity index (χ1) is 12.0. The Balaban J connectivity index is 0.00000243. The molecule has 2 aliphatic rings. The van der Waals surface area contributed by atoms with Gasteiger partial charge in [-0.25, -0.2) is 0 Å². The van der Waals surface area contributed by atoms with Gasteiger partial charge >= 0.3 is 0 Å². The van der Waals surface area contributed by atoms with Gasteiger partial charge in [-0.1, -0.05) is 23.2 Å². The van der Waals surface area contributed by atoms with E-state index >= 15 is 0 Å². The SMILES string of the molecule is CNC1CCCN(C(=O)C2CCCN2C(=O)c2cc(Cl)cc(Cl)c2)C1.Cl. The Morgan fingerprint density at radius 2 is 1.73 bits per heavy atom. The van der Waals surface area contributed by atoms with Crippen LogP contribution in [0.5, 0.6) is 0 Å². The van der Waals surface area contributed by atoms with E-state index in [2.05, 4.69) is 5.32 Å². The van der Waals surface area contributed by atoms with Crippen LogP contribution < -0.4 is 5.32 Å². The Morgan fingerprint density at radius 1 is 1.08 bits per heavy atom. The minimum atomic E-state index is -0.388. The average Bonchev–Trinajstić information content (AvgIpc) is 3.09. The molecule has 1 aromatic carbocycles. The highest BCUT2D eigenvalue weighted by Gasteiger charge is 2.38. The molecule has 2 atom stereocenters. The number of carbonyl (C=O) groups excluding carboxylic acids is 2. The molecule has 144 valence electrons. The smallest absolute Gasteiger partial charge is 0.254 e. The summed E-state index contributed by atoms with van der Waals surface area (Å²) >= 11 is 12.0. The average molecular weight is 421 g/mol. The Labute approximate surface area is 170 Å². The van der Waals surface area contributed by atoms with Gasteiger partial charge in [-0.3, -0.25) is 9.59 Å². The van der Waals surface area contributed by atoms with Crippen molar-refractivity contribution in [1.29, 1.82) is 0 Å². The van der Waals surface area contributed by atoms with Gasteiger partial charge in [0.15, 0.2) is 0 Å². The van der Waals surface area contributed by atoms with Crippen LogP contribution >= 0.6 is 35.6 Å². The minimum Gasteiger partial charge on any atom is -0.339 e. The molecule has 26 heavy (non-hydrogen) atoms. The van der Waals surface area contributed by atoms with Crippen molar-refractivity contribution in [2.24, 2.45) is 0 Å². The van der Waals surface area contributed by atoms with Crippen LogP contribution in [0.4, 0.5) is 0 Å². The molecular formula is C18H24Cl3N3O2. The molecule has 2 amide bonds. The first-order valence-electron chi connectivity index (χ1n) is 8.72. The lowest BCUT2D eigenvalue weighted by molar-refractivity contribution is -0.136. The molecule has 0 saturated carbocycles. The first kappa shape index (κ1) is 21.3. The number of nitrogens with one attached hydrogen (secondary N) is 1. The van der Waals surface area contributed by atoms with Gasteiger partial charge < -0.3 is 15.1 Å². The molecule has 2 unspecified atom stereocenters. The second kappa shape index (κ2) is 9.27. The number of nitrogens with zero attached hydrogens (tertiary/aromatic N) is 2. The van der Waals surface area contributed by atoms with Crippen molar-refractivity contribution in [3.05, 3.63) is 33.8 Å². The van der Waals surface area contributed by atoms with Gasteiger partial charge in [-0.2, -0.15) is 0 Å². The van der Waals surface area contributed by atoms with E-state index in [1.807, 2.05) is 11.9 Å². The number of hydrogen-bond donors (Lipinski definition) is 1. The number of likely N-dealkylation sites (N-methyl/N-ethyl adjacent to an activating group) is 1. The van der Waals surface area contributed by atoms with Crippen LogP contribution in [0.1, 0.15) is 36.0 Å². The van der Waals surface area contributed by atoms with Crippen molar-refractivity contribution < 1.29 is 9.59 Å². The number of halogens is 3. The monoisotopic (exact) mass is 419 g/mol. The lowest BCUT2D eigenvalue weighted by Gasteiger charge is -2.36. The van der Waals surface area contributed by atoms with Gasteiger partial charge in [0.1, 0.15) is 6.04 Å². The van der Waals surface area contributed by atoms with Crippen LogP contribution in [0.15, 0.2) is 18.2 Å². The number of rotatable bonds is 3. The van der Waals surface area contributed by atoms with Crippen molar-refractivity contribution in [1.82, 2.24) is 15.1 Å². The largest absolute Gasteiger partial charge is 0.339 e. The van der Waals surface area contributed by atoms with Gasteiger partial charge in [-0.05, 0) is 50.9 Å². The van der Waals surface area contributed by atoms with E-state index in [9.17, 15) is 9.59 Å². The summed E-state index contributed by atoms with van der Waals surface area (Å²) in [4.78, 5) is 29.5. The molecule has 3 rings (SSSR count). The fraction of sp³-hybridized carbons (Fsp3) is 0.556. The van der Waals surface area contributed by atoms with Crippen LogP contribution in [0.2, 0.25) is 10.0 Å². The summed E-state index contributed by atoms with van der Waals surface area (Å²) in [7, 11) is 1.92. The van der Waals surface area contributed by atoms with E-state index in [0.717, 1.165) is 25.8 Å². The molecule has 0 bridgehead atoms. The van der Waals surface area contributed by atoms with Gasteiger partial charge in [0, 0.05) is 41.3 Å². The molecule has 0 radical (unpaired) electrons. The fourth-order valence-electron chi connectivity index (χ4n) is 3.73. The van der Waals surface area contributed by atoms with Gasteiger partial charge in [-0.15, -0.1) is 12.4 Å². The lowest BCUT2D eigenvalue weighted by atomic mass is 10.0. The van der Waals surface area contributed by atoms with E-state index in [1.54, 1.807) is 23.1 Å². The van der Waals surface area contributed by atoms with Crippen LogP contribution in [0.3, 0.4) is 0 Å². The van der Waals surface area contributed by atoms with E-state index in [1.165, 1.54) is 0 Å². The van der Waals surface area contributed by atoms with Crippen LogP contribution in [0, 0.1) is 0 Å². The van der Waals surface area contributed by atoms with Gasteiger partial charge in [0.25, 0.3) is 5.91 Å². The molecule has 2 fully saturated rings. The zero-order valence-corrected chi connectivity index (χ0v) is 17.0. The summed E-state index contributed by atoms with van der Waals surface area (Å²) in [5, 5.41) is 4.09. The van der Waals surface area contributed by atoms with Crippen LogP contribution in [-0.4, -0.2) is 60.4 Å². The number of amides is 2. The number of likely N-dealkylation sites (tertiary alicyclic amines) is 2. The van der Waals surface area contributed by atoms with Crippen molar-refractivity contribution in [3.8, 4) is 0 Å². The van der Waals surface area contributed by atoms with Crippen molar-refractivity contribution in [2.75, 3.05) is 26.7 Å². The molecule has 5 nitrogen and oxygen atoms in total. The predicted molar refractivity (Wildman–Crippen MR) is 106 cm³/mol. The number of benzene rings is 1. The molecule has 0 aromatic heterocycles. The normalized spacial score (nSPS) is 22.9. The third kappa shape index (κ3) is 4.63. The van der Waals surface area contributed by atoms with Crippen LogP contribution in [0.25, 0.3) is 0 Å². The summed E-state index contributed by atoms with van der Waals surface area (Å²) in [6.07, 6.45) is 3.61. The Kier molecular flexibility index (Phi) is 7.59. The Hall–Kier alpha value is -1.01. The second-order valence-electron chi connectivity index (χ2n) is 6.73. The predicted octanol–water partition coefficient (Wildman–Crippen LogP) is 3.23. The first-order valence-corrected chi connectivity index (χ1v) is 9.48. The topological polar surface area (TPSA) is 52.7 Å². The maximum Gasteiger partial charge on any atom is 0.254 e. The molecule has 0 spiro atoms. The fourth-order valence-corrected chi connectivity index (χ4v) is 4.26. The van der Waals surface area contributed by atoms with Gasteiger partial charge in [0.05, 0.1) is 0 Å². The third-order valence-corrected chi connectivity index (χ3v) is 5.49. The molecule has 0 aliphatic carbocycles. The Morgan fingerprint density at radius 3 is 2.38 bits per heavy atom. The quantitative estimate of drug-likeness (QED) is 0.817. The molecule has 2 heterocycles. The highest BCUT2D eigenvalue weighted by atomic mass is 35.5. The number of piperidine rings is 1. The van der Waals surface area contributed by atoms with Crippen molar-refractivity contribution in [3.63, 3.8) is 0 Å². The second-order valence-corrected chi connectivity index (χ2v) is 7.60. The molecule has 2 saturated heterocycles. The highest BCUT2D eigenvalue weighted by Crippen LogP contribution is 2.26. The summed E-state index contributed by atoms with van der Waals surface area (Å²) in [6.45, 7) is 2.05. The summed E-state index contributed by atoms with van der Waals surface area (Å²) in [6, 6.07) is 4.75. The molecule has 2 aliphatic heterocycles. The Bertz CT molecular complexity index is 651. The zero-order valence-electron chi connectivity index (χ0n) is 14.7. The number of carbonyl (C=O) groups is 2. The van der Waals surface area contributed by atoms with E-state index in [4.69, 9.17) is 23.2 Å². The van der Waals surface area contributed by atoms with Crippen molar-refractivity contribution in [2.45, 2.75) is 37.8 Å². The van der Waals surface area contributed by atoms with Crippen molar-refractivity contribution >= 4 is 47.4 Å². The standard InChI is InChI=1S/C18H23Cl2N3O2.ClH/c1-21-15-4-2-6-22(11-15)18(25)16-5-3-7-23(16)17(24)12-8-13(19)10-14(20)9-12;/h8-10,15-16,21H,2-7,11H2,1H3;1H. The van der Waals surface area contributed by atoms with E-state index in [-0.39, 0.29) is 30.3 Å². The van der Waals surface area contributed by atoms with E-state index < -0.39 is 0 Å². The molecule has 1 N–H and O–H groups in total. The summed E-state index contributed by atoms with van der Waals surface area (Å²) in [5.41, 5.74) is 0.434. The minimum absolute atomic E-state index is 0. The maximum absolute atomic E-state index is 13.0. The molecule has 1 aromatic rings. The molecule has 8 heteroatoms. The van der Waals surface area contributed by atoms with E-state index in [0.29, 0.717) is 41.2 Å². The maximum atomic E-state index is 13.0. The molecular weight excluding hydrogens is 397 g/mol. The third-order valence-electron chi connectivity index (χ3n) is 5.05. The lowest BCUT2D eigenvalue weighted by Crippen LogP contribution is -2.53.